The number of nitrogens with zero attached hydrogens (tertiary/aromatic N) is 5. The van der Waals surface area contributed by atoms with Crippen molar-refractivity contribution in [3.63, 3.8) is 0 Å². The Balaban J connectivity index is 1.57. The Morgan fingerprint density at radius 2 is 2.19 bits per heavy atom. The maximum atomic E-state index is 12.8. The summed E-state index contributed by atoms with van der Waals surface area (Å²) in [4.78, 5) is 28.5. The minimum atomic E-state index is -0.876. The van der Waals surface area contributed by atoms with Crippen LogP contribution in [0, 0.1) is 16.7 Å². The maximum Gasteiger partial charge on any atom is 0.253 e. The Labute approximate surface area is 151 Å². The highest BCUT2D eigenvalue weighted by molar-refractivity contribution is 5.95. The van der Waals surface area contributed by atoms with Gasteiger partial charge in [-0.2, -0.15) is 10.4 Å². The molecule has 3 aliphatic rings. The number of nitriles is 1. The normalized spacial score (nSPS) is 27.9. The lowest BCUT2D eigenvalue weighted by Crippen LogP contribution is -2.61. The van der Waals surface area contributed by atoms with E-state index in [1.807, 2.05) is 0 Å². The first-order valence-corrected chi connectivity index (χ1v) is 8.68. The van der Waals surface area contributed by atoms with Gasteiger partial charge in [0.2, 0.25) is 5.91 Å². The first-order valence-electron chi connectivity index (χ1n) is 8.68. The third-order valence-electron chi connectivity index (χ3n) is 5.26. The Morgan fingerprint density at radius 1 is 1.38 bits per heavy atom. The molecule has 2 saturated heterocycles. The summed E-state index contributed by atoms with van der Waals surface area (Å²) in [6, 6.07) is 2.16. The van der Waals surface area contributed by atoms with Gasteiger partial charge in [0.05, 0.1) is 44.3 Å². The Morgan fingerprint density at radius 3 is 2.85 bits per heavy atom. The average molecular weight is 359 g/mol. The summed E-state index contributed by atoms with van der Waals surface area (Å²) < 4.78 is 13.2. The topological polar surface area (TPSA) is 101 Å². The molecule has 0 radical (unpaired) electrons. The number of anilines is 1. The summed E-state index contributed by atoms with van der Waals surface area (Å²) in [6.07, 6.45) is 4.61. The Kier molecular flexibility index (Phi) is 3.97. The second-order valence-corrected chi connectivity index (χ2v) is 7.30. The maximum absolute atomic E-state index is 12.8. The molecule has 0 aromatic carbocycles. The lowest BCUT2D eigenvalue weighted by atomic mass is 9.99. The minimum Gasteiger partial charge on any atom is -0.376 e. The van der Waals surface area contributed by atoms with Crippen molar-refractivity contribution in [1.82, 2.24) is 14.7 Å². The van der Waals surface area contributed by atoms with Crippen molar-refractivity contribution in [2.24, 2.45) is 12.5 Å². The smallest absolute Gasteiger partial charge is 0.253 e. The van der Waals surface area contributed by atoms with Gasteiger partial charge in [-0.05, 0) is 12.8 Å². The van der Waals surface area contributed by atoms with Crippen LogP contribution in [0.3, 0.4) is 0 Å². The lowest BCUT2D eigenvalue weighted by molar-refractivity contribution is -0.150. The minimum absolute atomic E-state index is 0.0797. The van der Waals surface area contributed by atoms with Crippen molar-refractivity contribution >= 4 is 17.5 Å². The van der Waals surface area contributed by atoms with Gasteiger partial charge in [0.25, 0.3) is 5.91 Å². The lowest BCUT2D eigenvalue weighted by Gasteiger charge is -2.42. The molecule has 138 valence electrons. The summed E-state index contributed by atoms with van der Waals surface area (Å²) in [5.41, 5.74) is -0.987. The van der Waals surface area contributed by atoms with Gasteiger partial charge in [0.15, 0.2) is 0 Å². The molecule has 9 heteroatoms. The summed E-state index contributed by atoms with van der Waals surface area (Å²) in [5.74, 6) is -0.306. The highest BCUT2D eigenvalue weighted by atomic mass is 16.6. The van der Waals surface area contributed by atoms with Crippen LogP contribution in [-0.2, 0) is 26.1 Å². The van der Waals surface area contributed by atoms with Crippen LogP contribution in [0.1, 0.15) is 12.8 Å². The van der Waals surface area contributed by atoms with Gasteiger partial charge in [0.1, 0.15) is 17.6 Å². The largest absolute Gasteiger partial charge is 0.376 e. The summed E-state index contributed by atoms with van der Waals surface area (Å²) >= 11 is 0. The molecular formula is C17H21N5O4. The molecule has 1 saturated carbocycles. The van der Waals surface area contributed by atoms with E-state index in [9.17, 15) is 14.9 Å². The van der Waals surface area contributed by atoms with Crippen LogP contribution < -0.4 is 4.90 Å². The van der Waals surface area contributed by atoms with E-state index in [1.165, 1.54) is 0 Å². The van der Waals surface area contributed by atoms with E-state index >= 15 is 0 Å². The van der Waals surface area contributed by atoms with Gasteiger partial charge in [0, 0.05) is 19.8 Å². The molecule has 2 aliphatic heterocycles. The summed E-state index contributed by atoms with van der Waals surface area (Å²) in [5, 5.41) is 13.5. The zero-order valence-electron chi connectivity index (χ0n) is 14.7. The number of carbonyl (C=O) groups is 2. The van der Waals surface area contributed by atoms with E-state index in [4.69, 9.17) is 9.47 Å². The van der Waals surface area contributed by atoms with Crippen LogP contribution in [0.15, 0.2) is 12.4 Å². The van der Waals surface area contributed by atoms with Gasteiger partial charge in [-0.25, -0.2) is 0 Å². The molecule has 0 N–H and O–H groups in total. The highest BCUT2D eigenvalue weighted by Gasteiger charge is 2.54. The van der Waals surface area contributed by atoms with Crippen molar-refractivity contribution in [2.75, 3.05) is 44.4 Å². The number of carbonyl (C=O) groups excluding carboxylic acids is 2. The van der Waals surface area contributed by atoms with Crippen molar-refractivity contribution in [3.05, 3.63) is 12.4 Å². The van der Waals surface area contributed by atoms with Gasteiger partial charge >= 0.3 is 0 Å². The van der Waals surface area contributed by atoms with Gasteiger partial charge in [-0.15, -0.1) is 0 Å². The van der Waals surface area contributed by atoms with E-state index in [0.717, 1.165) is 0 Å². The molecule has 1 unspecified atom stereocenters. The van der Waals surface area contributed by atoms with Crippen molar-refractivity contribution in [2.45, 2.75) is 18.4 Å². The molecule has 1 spiro atoms. The van der Waals surface area contributed by atoms with E-state index in [0.29, 0.717) is 44.8 Å². The number of morpholine rings is 1. The number of aromatic nitrogens is 2. The third kappa shape index (κ3) is 2.85. The molecule has 1 aromatic rings. The van der Waals surface area contributed by atoms with Gasteiger partial charge in [-0.3, -0.25) is 14.3 Å². The number of hydrogen-bond donors (Lipinski definition) is 0. The predicted molar refractivity (Wildman–Crippen MR) is 88.9 cm³/mol. The second-order valence-electron chi connectivity index (χ2n) is 7.30. The first-order chi connectivity index (χ1) is 12.5. The van der Waals surface area contributed by atoms with Gasteiger partial charge < -0.3 is 19.3 Å². The van der Waals surface area contributed by atoms with E-state index < -0.39 is 11.0 Å². The highest BCUT2D eigenvalue weighted by Crippen LogP contribution is 2.47. The zero-order valence-corrected chi connectivity index (χ0v) is 14.7. The summed E-state index contributed by atoms with van der Waals surface area (Å²) in [6.45, 7) is 1.61. The van der Waals surface area contributed by atoms with Crippen molar-refractivity contribution in [1.29, 1.82) is 5.26 Å². The monoisotopic (exact) mass is 359 g/mol. The van der Waals surface area contributed by atoms with Crippen LogP contribution in [0.2, 0.25) is 0 Å². The number of aryl methyl sites for hydroxylation is 1. The first kappa shape index (κ1) is 17.0. The fourth-order valence-electron chi connectivity index (χ4n) is 3.56. The fourth-order valence-corrected chi connectivity index (χ4v) is 3.56. The molecule has 3 heterocycles. The second kappa shape index (κ2) is 6.07. The van der Waals surface area contributed by atoms with Crippen molar-refractivity contribution in [3.8, 4) is 6.07 Å². The number of amides is 2. The van der Waals surface area contributed by atoms with Crippen LogP contribution in [0.4, 0.5) is 5.69 Å². The molecule has 1 aromatic heterocycles. The molecule has 0 bridgehead atoms. The van der Waals surface area contributed by atoms with E-state index in [-0.39, 0.29) is 25.0 Å². The molecule has 26 heavy (non-hydrogen) atoms. The standard InChI is InChI=1S/C17H21N5O4/c1-20-7-13(6-19-20)22-11-17(26-8-14(22)23)10-21(4-5-25-12-17)15(24)16(9-18)2-3-16/h6-7H,2-5,8,10-12H2,1H3. The Hall–Kier alpha value is -2.44. The molecule has 4 rings (SSSR count). The summed E-state index contributed by atoms with van der Waals surface area (Å²) in [7, 11) is 1.79. The molecule has 9 nitrogen and oxygen atoms in total. The third-order valence-corrected chi connectivity index (χ3v) is 5.26. The molecule has 3 fully saturated rings. The number of ether oxygens (including phenoxy) is 2. The molecule has 2 amide bonds. The van der Waals surface area contributed by atoms with Gasteiger partial charge in [-0.1, -0.05) is 0 Å². The SMILES string of the molecule is Cn1cc(N2CC3(COCCN(C(=O)C4(C#N)CC4)C3)OCC2=O)cn1. The van der Waals surface area contributed by atoms with Crippen LogP contribution in [0.5, 0.6) is 0 Å². The van der Waals surface area contributed by atoms with Crippen LogP contribution >= 0.6 is 0 Å². The quantitative estimate of drug-likeness (QED) is 0.718. The Bertz CT molecular complexity index is 780. The molecule has 1 atom stereocenters. The number of rotatable bonds is 2. The van der Waals surface area contributed by atoms with E-state index in [1.54, 1.807) is 33.9 Å². The van der Waals surface area contributed by atoms with Crippen molar-refractivity contribution < 1.29 is 19.1 Å². The van der Waals surface area contributed by atoms with Crippen LogP contribution in [-0.4, -0.2) is 71.6 Å². The number of hydrogen-bond acceptors (Lipinski definition) is 6. The zero-order chi connectivity index (χ0) is 18.4. The average Bonchev–Trinajstić information content (AvgIpc) is 3.37. The fraction of sp³-hybridized carbons (Fsp3) is 0.647. The molecular weight excluding hydrogens is 338 g/mol. The van der Waals surface area contributed by atoms with E-state index in [2.05, 4.69) is 11.2 Å². The predicted octanol–water partition coefficient (Wildman–Crippen LogP) is -0.315. The van der Waals surface area contributed by atoms with Crippen LogP contribution in [0.25, 0.3) is 0 Å². The molecule has 1 aliphatic carbocycles.